The van der Waals surface area contributed by atoms with Crippen LogP contribution in [0.25, 0.3) is 0 Å². The van der Waals surface area contributed by atoms with E-state index in [0.29, 0.717) is 0 Å². The smallest absolute Gasteiger partial charge is 0.0414 e. The van der Waals surface area contributed by atoms with Crippen molar-refractivity contribution < 1.29 is 0 Å². The largest absolute Gasteiger partial charge is 0.0654 e. The highest BCUT2D eigenvalue weighted by molar-refractivity contribution is 4.57. The Bertz CT molecular complexity index is 85.5. The van der Waals surface area contributed by atoms with Crippen LogP contribution in [0.1, 0.15) is 86.5 Å². The van der Waals surface area contributed by atoms with Crippen molar-refractivity contribution in [1.82, 2.24) is 0 Å². The molecule has 0 aromatic carbocycles. The lowest BCUT2D eigenvalue weighted by Crippen LogP contribution is -1.99. The first-order chi connectivity index (χ1) is 7.08. The second kappa shape index (κ2) is 14.0. The van der Waals surface area contributed by atoms with E-state index < -0.39 is 0 Å². The van der Waals surface area contributed by atoms with E-state index in [9.17, 15) is 0 Å². The molecule has 0 aliphatic heterocycles. The molecule has 0 bridgehead atoms. The maximum Gasteiger partial charge on any atom is -0.0414 e. The first-order valence-electron chi connectivity index (χ1n) is 7.08. The van der Waals surface area contributed by atoms with Crippen LogP contribution in [0.2, 0.25) is 0 Å². The molecule has 0 aliphatic carbocycles. The molecule has 0 spiro atoms. The Kier molecular flexibility index (Phi) is 16.2. The van der Waals surface area contributed by atoms with Gasteiger partial charge in [0.1, 0.15) is 0 Å². The Balaban J connectivity index is 0. The van der Waals surface area contributed by atoms with Crippen LogP contribution in [0.4, 0.5) is 0 Å². The number of rotatable bonds is 7. The van der Waals surface area contributed by atoms with Crippen LogP contribution in [0.15, 0.2) is 0 Å². The van der Waals surface area contributed by atoms with Gasteiger partial charge in [0.05, 0.1) is 0 Å². The van der Waals surface area contributed by atoms with Crippen LogP contribution in [-0.2, 0) is 0 Å². The van der Waals surface area contributed by atoms with Crippen LogP contribution in [0, 0.1) is 11.8 Å². The summed E-state index contributed by atoms with van der Waals surface area (Å²) in [7, 11) is 0. The van der Waals surface area contributed by atoms with Gasteiger partial charge in [-0.15, -0.1) is 0 Å². The summed E-state index contributed by atoms with van der Waals surface area (Å²) >= 11 is 0. The average Bonchev–Trinajstić information content (AvgIpc) is 2.14. The molecule has 94 valence electrons. The van der Waals surface area contributed by atoms with Crippen molar-refractivity contribution in [1.29, 1.82) is 0 Å². The minimum atomic E-state index is 0.833. The zero-order chi connectivity index (χ0) is 12.1. The first-order valence-corrected chi connectivity index (χ1v) is 7.08. The van der Waals surface area contributed by atoms with Crippen molar-refractivity contribution in [2.24, 2.45) is 11.8 Å². The van der Waals surface area contributed by atoms with Crippen molar-refractivity contribution in [3.05, 3.63) is 0 Å². The molecule has 0 atom stereocenters. The van der Waals surface area contributed by atoms with Gasteiger partial charge in [0.15, 0.2) is 0 Å². The summed E-state index contributed by atoms with van der Waals surface area (Å²) in [6.07, 6.45) is 9.91. The zero-order valence-corrected chi connectivity index (χ0v) is 12.1. The van der Waals surface area contributed by atoms with Gasteiger partial charge in [-0.25, -0.2) is 0 Å². The third kappa shape index (κ3) is 20.2. The Morgan fingerprint density at radius 2 is 1.07 bits per heavy atom. The summed E-state index contributed by atoms with van der Waals surface area (Å²) in [4.78, 5) is 0. The fourth-order valence-corrected chi connectivity index (χ4v) is 1.74. The Morgan fingerprint density at radius 1 is 0.667 bits per heavy atom. The van der Waals surface area contributed by atoms with Crippen LogP contribution in [-0.4, -0.2) is 0 Å². The van der Waals surface area contributed by atoms with Crippen molar-refractivity contribution in [3.63, 3.8) is 0 Å². The molecule has 0 unspecified atom stereocenters. The van der Waals surface area contributed by atoms with Crippen LogP contribution >= 0.6 is 0 Å². The van der Waals surface area contributed by atoms with Gasteiger partial charge < -0.3 is 0 Å². The van der Waals surface area contributed by atoms with Gasteiger partial charge in [-0.3, -0.25) is 0 Å². The number of hydrogen-bond donors (Lipinski definition) is 0. The Labute approximate surface area is 98.9 Å². The second-order valence-corrected chi connectivity index (χ2v) is 5.32. The summed E-state index contributed by atoms with van der Waals surface area (Å²) < 4.78 is 0. The Morgan fingerprint density at radius 3 is 1.33 bits per heavy atom. The average molecular weight is 214 g/mol. The molecule has 0 radical (unpaired) electrons. The molecule has 0 heterocycles. The van der Waals surface area contributed by atoms with Crippen molar-refractivity contribution in [2.45, 2.75) is 86.5 Å². The van der Waals surface area contributed by atoms with Crippen LogP contribution in [0.3, 0.4) is 0 Å². The highest BCUT2D eigenvalue weighted by Crippen LogP contribution is 2.19. The van der Waals surface area contributed by atoms with Crippen LogP contribution in [0.5, 0.6) is 0 Å². The SMILES string of the molecule is CC(C)C.CCCCC(CCC)CCC. The molecule has 0 N–H and O–H groups in total. The van der Waals surface area contributed by atoms with Gasteiger partial charge >= 0.3 is 0 Å². The highest BCUT2D eigenvalue weighted by Gasteiger charge is 2.04. The summed E-state index contributed by atoms with van der Waals surface area (Å²) in [5, 5.41) is 0. The zero-order valence-electron chi connectivity index (χ0n) is 12.1. The van der Waals surface area contributed by atoms with Crippen molar-refractivity contribution >= 4 is 0 Å². The van der Waals surface area contributed by atoms with E-state index in [-0.39, 0.29) is 0 Å². The molecule has 15 heavy (non-hydrogen) atoms. The van der Waals surface area contributed by atoms with Crippen molar-refractivity contribution in [3.8, 4) is 0 Å². The van der Waals surface area contributed by atoms with E-state index in [1.165, 1.54) is 44.9 Å². The van der Waals surface area contributed by atoms with Gasteiger partial charge in [-0.05, 0) is 11.8 Å². The lowest BCUT2D eigenvalue weighted by Gasteiger charge is -2.13. The molecular formula is C15H34. The minimum absolute atomic E-state index is 0.833. The van der Waals surface area contributed by atoms with Gasteiger partial charge in [0, 0.05) is 0 Å². The number of unbranched alkanes of at least 4 members (excludes halogenated alkanes) is 1. The van der Waals surface area contributed by atoms with E-state index in [2.05, 4.69) is 41.5 Å². The summed E-state index contributed by atoms with van der Waals surface area (Å²) in [5.74, 6) is 1.87. The molecule has 0 saturated carbocycles. The molecular weight excluding hydrogens is 180 g/mol. The van der Waals surface area contributed by atoms with Gasteiger partial charge in [-0.1, -0.05) is 86.5 Å². The summed E-state index contributed by atoms with van der Waals surface area (Å²) in [6.45, 7) is 13.4. The lowest BCUT2D eigenvalue weighted by molar-refractivity contribution is 0.398. The Hall–Kier alpha value is 0. The molecule has 0 amide bonds. The third-order valence-electron chi connectivity index (χ3n) is 2.36. The highest BCUT2D eigenvalue weighted by atomic mass is 14.1. The fraction of sp³-hybridized carbons (Fsp3) is 1.00. The van der Waals surface area contributed by atoms with E-state index >= 15 is 0 Å². The molecule has 0 nitrogen and oxygen atoms in total. The quantitative estimate of drug-likeness (QED) is 0.483. The monoisotopic (exact) mass is 214 g/mol. The maximum absolute atomic E-state index is 2.30. The second-order valence-electron chi connectivity index (χ2n) is 5.32. The summed E-state index contributed by atoms with van der Waals surface area (Å²) in [6, 6.07) is 0. The van der Waals surface area contributed by atoms with E-state index in [1.807, 2.05) is 0 Å². The minimum Gasteiger partial charge on any atom is -0.0654 e. The van der Waals surface area contributed by atoms with Gasteiger partial charge in [0.2, 0.25) is 0 Å². The standard InChI is InChI=1S/C11H24.C4H10/c1-4-7-10-11(8-5-2)9-6-3;1-4(2)3/h11H,4-10H2,1-3H3;4H,1-3H3. The first kappa shape index (κ1) is 17.4. The third-order valence-corrected chi connectivity index (χ3v) is 2.36. The van der Waals surface area contributed by atoms with E-state index in [0.717, 1.165) is 11.8 Å². The molecule has 0 rings (SSSR count). The molecule has 0 saturated heterocycles. The van der Waals surface area contributed by atoms with Crippen LogP contribution < -0.4 is 0 Å². The predicted octanol–water partition coefficient (Wildman–Crippen LogP) is 6.06. The van der Waals surface area contributed by atoms with Gasteiger partial charge in [0.25, 0.3) is 0 Å². The fourth-order valence-electron chi connectivity index (χ4n) is 1.74. The van der Waals surface area contributed by atoms with E-state index in [1.54, 1.807) is 0 Å². The molecule has 0 fully saturated rings. The van der Waals surface area contributed by atoms with Crippen molar-refractivity contribution in [2.75, 3.05) is 0 Å². The van der Waals surface area contributed by atoms with Gasteiger partial charge in [-0.2, -0.15) is 0 Å². The predicted molar refractivity (Wildman–Crippen MR) is 73.3 cm³/mol. The molecule has 0 heteroatoms. The van der Waals surface area contributed by atoms with E-state index in [4.69, 9.17) is 0 Å². The molecule has 0 aromatic heterocycles. The normalized spacial score (nSPS) is 10.4. The molecule has 0 aliphatic rings. The lowest BCUT2D eigenvalue weighted by atomic mass is 9.93. The topological polar surface area (TPSA) is 0 Å². The molecule has 0 aromatic rings. The number of hydrogen-bond acceptors (Lipinski definition) is 0. The maximum atomic E-state index is 2.30. The summed E-state index contributed by atoms with van der Waals surface area (Å²) in [5.41, 5.74) is 0.